The molecule has 2 N–H and O–H groups in total. The van der Waals surface area contributed by atoms with E-state index in [0.29, 0.717) is 17.1 Å². The van der Waals surface area contributed by atoms with Crippen molar-refractivity contribution < 1.29 is 29.3 Å². The number of hydrogen-bond donors (Lipinski definition) is 2. The first-order valence-electron chi connectivity index (χ1n) is 7.23. The average Bonchev–Trinajstić information content (AvgIpc) is 2.59. The lowest BCUT2D eigenvalue weighted by Crippen LogP contribution is -2.15. The molecule has 0 heterocycles. The molecule has 1 atom stereocenters. The highest BCUT2D eigenvalue weighted by molar-refractivity contribution is 5.87. The predicted octanol–water partition coefficient (Wildman–Crippen LogP) is 2.81. The van der Waals surface area contributed by atoms with Gasteiger partial charge >= 0.3 is 11.9 Å². The highest BCUT2D eigenvalue weighted by Crippen LogP contribution is 2.30. The first-order valence-corrected chi connectivity index (χ1v) is 7.23. The Morgan fingerprint density at radius 2 is 1.58 bits per heavy atom. The van der Waals surface area contributed by atoms with E-state index in [1.165, 1.54) is 38.5 Å². The molecule has 1 unspecified atom stereocenters. The first-order chi connectivity index (χ1) is 11.5. The summed E-state index contributed by atoms with van der Waals surface area (Å²) in [4.78, 5) is 22.5. The standard InChI is InChI=1S/C18H18O6/c1-23-15-8-3-11(10-16(15)24-2)9-14(18(21)22)12-4-6-13(7-5-12)17(19)20/h3-8,10,14H,9H2,1-2H3,(H,19,20)(H,21,22). The molecule has 0 amide bonds. The summed E-state index contributed by atoms with van der Waals surface area (Å²) >= 11 is 0. The Hall–Kier alpha value is -3.02. The maximum atomic E-state index is 11.6. The van der Waals surface area contributed by atoms with Gasteiger partial charge in [-0.05, 0) is 41.8 Å². The smallest absolute Gasteiger partial charge is 0.335 e. The Bertz CT molecular complexity index is 736. The van der Waals surface area contributed by atoms with Crippen LogP contribution in [0.5, 0.6) is 11.5 Å². The number of carbonyl (C=O) groups is 2. The third-order valence-corrected chi connectivity index (χ3v) is 3.75. The van der Waals surface area contributed by atoms with Gasteiger partial charge < -0.3 is 19.7 Å². The summed E-state index contributed by atoms with van der Waals surface area (Å²) in [6.45, 7) is 0. The summed E-state index contributed by atoms with van der Waals surface area (Å²) in [6.07, 6.45) is 0.252. The van der Waals surface area contributed by atoms with E-state index in [0.717, 1.165) is 5.56 Å². The normalized spacial score (nSPS) is 11.6. The zero-order valence-corrected chi connectivity index (χ0v) is 13.4. The minimum atomic E-state index is -1.05. The second-order valence-electron chi connectivity index (χ2n) is 5.21. The van der Waals surface area contributed by atoms with Gasteiger partial charge in [-0.1, -0.05) is 18.2 Å². The molecule has 2 aromatic rings. The van der Waals surface area contributed by atoms with Crippen molar-refractivity contribution in [3.05, 3.63) is 59.2 Å². The lowest BCUT2D eigenvalue weighted by Gasteiger charge is -2.15. The summed E-state index contributed by atoms with van der Waals surface area (Å²) < 4.78 is 10.4. The molecule has 0 radical (unpaired) electrons. The Labute approximate surface area is 139 Å². The van der Waals surface area contributed by atoms with Crippen molar-refractivity contribution >= 4 is 11.9 Å². The maximum absolute atomic E-state index is 11.6. The number of methoxy groups -OCH3 is 2. The molecular weight excluding hydrogens is 312 g/mol. The number of carboxylic acid groups (broad SMARTS) is 2. The van der Waals surface area contributed by atoms with Crippen molar-refractivity contribution in [1.29, 1.82) is 0 Å². The van der Waals surface area contributed by atoms with Crippen LogP contribution in [0.15, 0.2) is 42.5 Å². The summed E-state index contributed by atoms with van der Waals surface area (Å²) in [5.41, 5.74) is 1.44. The van der Waals surface area contributed by atoms with Gasteiger partial charge in [0.2, 0.25) is 0 Å². The van der Waals surface area contributed by atoms with Gasteiger partial charge in [0.05, 0.1) is 25.7 Å². The van der Waals surface area contributed by atoms with E-state index in [1.807, 2.05) is 0 Å². The van der Waals surface area contributed by atoms with Crippen LogP contribution in [0.1, 0.15) is 27.4 Å². The molecule has 0 saturated heterocycles. The van der Waals surface area contributed by atoms with Crippen LogP contribution in [-0.2, 0) is 11.2 Å². The van der Waals surface area contributed by atoms with Crippen LogP contribution >= 0.6 is 0 Å². The summed E-state index contributed by atoms with van der Waals surface area (Å²) in [5.74, 6) is -1.72. The SMILES string of the molecule is COc1ccc(CC(C(=O)O)c2ccc(C(=O)O)cc2)cc1OC. The number of ether oxygens (including phenoxy) is 2. The largest absolute Gasteiger partial charge is 0.493 e. The van der Waals surface area contributed by atoms with E-state index in [4.69, 9.17) is 14.6 Å². The minimum absolute atomic E-state index is 0.119. The second kappa shape index (κ2) is 7.50. The van der Waals surface area contributed by atoms with Crippen molar-refractivity contribution in [3.8, 4) is 11.5 Å². The van der Waals surface area contributed by atoms with Crippen LogP contribution < -0.4 is 9.47 Å². The molecule has 0 spiro atoms. The van der Waals surface area contributed by atoms with Gasteiger partial charge in [0.25, 0.3) is 0 Å². The number of aliphatic carboxylic acids is 1. The van der Waals surface area contributed by atoms with Gasteiger partial charge in [-0.3, -0.25) is 4.79 Å². The Kier molecular flexibility index (Phi) is 5.42. The lowest BCUT2D eigenvalue weighted by molar-refractivity contribution is -0.138. The molecule has 24 heavy (non-hydrogen) atoms. The zero-order chi connectivity index (χ0) is 17.7. The average molecular weight is 330 g/mol. The first kappa shape index (κ1) is 17.3. The molecule has 0 bridgehead atoms. The molecule has 126 valence electrons. The molecule has 6 heteroatoms. The van der Waals surface area contributed by atoms with Crippen molar-refractivity contribution in [2.24, 2.45) is 0 Å². The second-order valence-corrected chi connectivity index (χ2v) is 5.21. The van der Waals surface area contributed by atoms with Gasteiger partial charge in [0.15, 0.2) is 11.5 Å². The molecule has 2 aromatic carbocycles. The topological polar surface area (TPSA) is 93.1 Å². The fourth-order valence-electron chi connectivity index (χ4n) is 2.45. The third-order valence-electron chi connectivity index (χ3n) is 3.75. The van der Waals surface area contributed by atoms with Gasteiger partial charge in [0.1, 0.15) is 0 Å². The molecule has 0 aromatic heterocycles. The predicted molar refractivity (Wildman–Crippen MR) is 87.0 cm³/mol. The highest BCUT2D eigenvalue weighted by Gasteiger charge is 2.21. The number of hydrogen-bond acceptors (Lipinski definition) is 4. The van der Waals surface area contributed by atoms with E-state index in [2.05, 4.69) is 0 Å². The molecule has 6 nitrogen and oxygen atoms in total. The van der Waals surface area contributed by atoms with Crippen LogP contribution in [0.2, 0.25) is 0 Å². The van der Waals surface area contributed by atoms with Crippen molar-refractivity contribution in [2.45, 2.75) is 12.3 Å². The highest BCUT2D eigenvalue weighted by atomic mass is 16.5. The number of benzene rings is 2. The van der Waals surface area contributed by atoms with E-state index in [9.17, 15) is 14.7 Å². The summed E-state index contributed by atoms with van der Waals surface area (Å²) in [6, 6.07) is 11.1. The van der Waals surface area contributed by atoms with Crippen LogP contribution in [0.25, 0.3) is 0 Å². The monoisotopic (exact) mass is 330 g/mol. The van der Waals surface area contributed by atoms with E-state index >= 15 is 0 Å². The maximum Gasteiger partial charge on any atom is 0.335 e. The number of aromatic carboxylic acids is 1. The molecule has 0 aliphatic carbocycles. The summed E-state index contributed by atoms with van der Waals surface area (Å²) in [5, 5.41) is 18.4. The molecule has 0 fully saturated rings. The van der Waals surface area contributed by atoms with E-state index < -0.39 is 17.9 Å². The molecule has 0 aliphatic heterocycles. The fourth-order valence-corrected chi connectivity index (χ4v) is 2.45. The molecule has 0 aliphatic rings. The van der Waals surface area contributed by atoms with E-state index in [-0.39, 0.29) is 12.0 Å². The Morgan fingerprint density at radius 1 is 0.958 bits per heavy atom. The zero-order valence-electron chi connectivity index (χ0n) is 13.4. The van der Waals surface area contributed by atoms with Crippen molar-refractivity contribution in [2.75, 3.05) is 14.2 Å². The van der Waals surface area contributed by atoms with Gasteiger partial charge in [-0.15, -0.1) is 0 Å². The van der Waals surface area contributed by atoms with Crippen LogP contribution in [0.4, 0.5) is 0 Å². The van der Waals surface area contributed by atoms with E-state index in [1.54, 1.807) is 18.2 Å². The van der Waals surface area contributed by atoms with Crippen molar-refractivity contribution in [3.63, 3.8) is 0 Å². The molecular formula is C18H18O6. The summed E-state index contributed by atoms with van der Waals surface area (Å²) in [7, 11) is 3.04. The molecule has 2 rings (SSSR count). The van der Waals surface area contributed by atoms with Gasteiger partial charge in [-0.25, -0.2) is 4.79 Å². The molecule has 0 saturated carbocycles. The number of carboxylic acids is 2. The van der Waals surface area contributed by atoms with Gasteiger partial charge in [0, 0.05) is 0 Å². The van der Waals surface area contributed by atoms with Crippen LogP contribution in [0.3, 0.4) is 0 Å². The third kappa shape index (κ3) is 3.84. The van der Waals surface area contributed by atoms with Crippen LogP contribution in [0, 0.1) is 0 Å². The Balaban J connectivity index is 2.29. The minimum Gasteiger partial charge on any atom is -0.493 e. The van der Waals surface area contributed by atoms with Gasteiger partial charge in [-0.2, -0.15) is 0 Å². The van der Waals surface area contributed by atoms with Crippen molar-refractivity contribution in [1.82, 2.24) is 0 Å². The lowest BCUT2D eigenvalue weighted by atomic mass is 9.91. The Morgan fingerprint density at radius 3 is 2.08 bits per heavy atom. The number of rotatable bonds is 7. The quantitative estimate of drug-likeness (QED) is 0.811. The van der Waals surface area contributed by atoms with Crippen LogP contribution in [-0.4, -0.2) is 36.4 Å². The fraction of sp³-hybridized carbons (Fsp3) is 0.222.